The van der Waals surface area contributed by atoms with E-state index in [-0.39, 0.29) is 16.9 Å². The number of carbonyl (C=O) groups excluding carboxylic acids is 2. The molecule has 3 N–H and O–H groups in total. The number of ether oxygens (including phenoxy) is 1. The highest BCUT2D eigenvalue weighted by Gasteiger charge is 2.10. The molecule has 0 bridgehead atoms. The molecule has 0 aliphatic rings. The third kappa shape index (κ3) is 5.66. The molecule has 0 radical (unpaired) electrons. The first-order chi connectivity index (χ1) is 14.0. The topological polar surface area (TPSA) is 92.6 Å². The lowest BCUT2D eigenvalue weighted by Crippen LogP contribution is -2.34. The normalized spacial score (nSPS) is 10.1. The molecule has 0 aliphatic heterocycles. The van der Waals surface area contributed by atoms with Crippen LogP contribution in [-0.4, -0.2) is 24.0 Å². The Hall–Kier alpha value is -3.65. The Bertz CT molecular complexity index is 1000. The Labute approximate surface area is 173 Å². The fraction of sp³-hybridized carbons (Fsp3) is 0.0952. The first kappa shape index (κ1) is 20.1. The highest BCUT2D eigenvalue weighted by Crippen LogP contribution is 2.13. The number of furan rings is 1. The van der Waals surface area contributed by atoms with E-state index in [0.29, 0.717) is 34.9 Å². The molecule has 2 aromatic carbocycles. The molecule has 0 unspecified atom stereocenters. The summed E-state index contributed by atoms with van der Waals surface area (Å²) in [6, 6.07) is 17.0. The van der Waals surface area contributed by atoms with E-state index in [0.717, 1.165) is 0 Å². The number of methoxy groups -OCH3 is 1. The summed E-state index contributed by atoms with van der Waals surface area (Å²) in [5, 5.41) is 8.40. The summed E-state index contributed by atoms with van der Waals surface area (Å²) in [5.41, 5.74) is 1.47. The first-order valence-electron chi connectivity index (χ1n) is 8.72. The zero-order valence-corrected chi connectivity index (χ0v) is 16.4. The highest BCUT2D eigenvalue weighted by atomic mass is 32.1. The van der Waals surface area contributed by atoms with Crippen molar-refractivity contribution in [1.29, 1.82) is 0 Å². The van der Waals surface area contributed by atoms with Crippen LogP contribution >= 0.6 is 12.2 Å². The number of hydrogen-bond acceptors (Lipinski definition) is 5. The van der Waals surface area contributed by atoms with Crippen molar-refractivity contribution in [3.8, 4) is 5.75 Å². The summed E-state index contributed by atoms with van der Waals surface area (Å²) in [5.74, 6) is 0.718. The number of amides is 2. The molecule has 0 aliphatic carbocycles. The molecule has 0 spiro atoms. The molecule has 1 aromatic heterocycles. The van der Waals surface area contributed by atoms with Crippen molar-refractivity contribution in [1.82, 2.24) is 10.6 Å². The first-order valence-corrected chi connectivity index (χ1v) is 9.13. The fourth-order valence-electron chi connectivity index (χ4n) is 2.50. The maximum absolute atomic E-state index is 12.3. The molecule has 0 saturated carbocycles. The minimum Gasteiger partial charge on any atom is -0.497 e. The third-order valence-corrected chi connectivity index (χ3v) is 4.17. The van der Waals surface area contributed by atoms with Crippen LogP contribution in [0.1, 0.15) is 26.5 Å². The molecule has 2 amide bonds. The van der Waals surface area contributed by atoms with Crippen LogP contribution in [0.3, 0.4) is 0 Å². The summed E-state index contributed by atoms with van der Waals surface area (Å²) in [6.45, 7) is 0.291. The van der Waals surface area contributed by atoms with Crippen LogP contribution in [0, 0.1) is 0 Å². The zero-order valence-electron chi connectivity index (χ0n) is 15.6. The molecule has 0 atom stereocenters. The minimum atomic E-state index is -0.350. The van der Waals surface area contributed by atoms with E-state index in [1.807, 2.05) is 0 Å². The van der Waals surface area contributed by atoms with Crippen molar-refractivity contribution in [2.24, 2.45) is 0 Å². The third-order valence-electron chi connectivity index (χ3n) is 3.97. The minimum absolute atomic E-state index is 0.124. The molecule has 1 heterocycles. The van der Waals surface area contributed by atoms with E-state index in [1.54, 1.807) is 74.0 Å². The van der Waals surface area contributed by atoms with Gasteiger partial charge in [-0.3, -0.25) is 14.9 Å². The Morgan fingerprint density at radius 2 is 1.79 bits per heavy atom. The number of thiocarbonyl (C=S) groups is 1. The number of nitrogens with one attached hydrogen (secondary N) is 3. The van der Waals surface area contributed by atoms with Crippen molar-refractivity contribution >= 4 is 34.8 Å². The standard InChI is InChI=1S/C21H19N3O4S/c1-27-17-9-7-14(8-10-17)20(26)24-21(29)23-16-5-2-4-15(12-16)19(25)22-13-18-6-3-11-28-18/h2-12H,13H2,1H3,(H,22,25)(H2,23,24,26,29). The number of benzene rings is 2. The van der Waals surface area contributed by atoms with Gasteiger partial charge in [0, 0.05) is 16.8 Å². The van der Waals surface area contributed by atoms with Gasteiger partial charge >= 0.3 is 0 Å². The van der Waals surface area contributed by atoms with E-state index >= 15 is 0 Å². The lowest BCUT2D eigenvalue weighted by molar-refractivity contribution is 0.0946. The van der Waals surface area contributed by atoms with Crippen LogP contribution in [-0.2, 0) is 6.54 Å². The van der Waals surface area contributed by atoms with Crippen molar-refractivity contribution in [3.05, 3.63) is 83.8 Å². The molecule has 0 fully saturated rings. The van der Waals surface area contributed by atoms with Gasteiger partial charge in [0.05, 0.1) is 19.9 Å². The second-order valence-electron chi connectivity index (χ2n) is 5.98. The van der Waals surface area contributed by atoms with E-state index in [4.69, 9.17) is 21.4 Å². The van der Waals surface area contributed by atoms with Gasteiger partial charge in [-0.2, -0.15) is 0 Å². The Morgan fingerprint density at radius 3 is 2.48 bits per heavy atom. The van der Waals surface area contributed by atoms with Crippen molar-refractivity contribution in [2.75, 3.05) is 12.4 Å². The lowest BCUT2D eigenvalue weighted by Gasteiger charge is -2.11. The van der Waals surface area contributed by atoms with Gasteiger partial charge in [0.2, 0.25) is 0 Å². The number of carbonyl (C=O) groups is 2. The molecule has 29 heavy (non-hydrogen) atoms. The second kappa shape index (κ2) is 9.52. The van der Waals surface area contributed by atoms with Crippen molar-refractivity contribution in [2.45, 2.75) is 6.54 Å². The maximum Gasteiger partial charge on any atom is 0.257 e. The molecular formula is C21H19N3O4S. The lowest BCUT2D eigenvalue weighted by atomic mass is 10.2. The van der Waals surface area contributed by atoms with Gasteiger partial charge in [0.25, 0.3) is 11.8 Å². The van der Waals surface area contributed by atoms with Crippen molar-refractivity contribution in [3.63, 3.8) is 0 Å². The predicted molar refractivity (Wildman–Crippen MR) is 113 cm³/mol. The second-order valence-corrected chi connectivity index (χ2v) is 6.39. The van der Waals surface area contributed by atoms with Gasteiger partial charge < -0.3 is 19.8 Å². The van der Waals surface area contributed by atoms with E-state index < -0.39 is 0 Å². The summed E-state index contributed by atoms with van der Waals surface area (Å²) >= 11 is 5.19. The van der Waals surface area contributed by atoms with Gasteiger partial charge in [0.1, 0.15) is 11.5 Å². The summed E-state index contributed by atoms with van der Waals surface area (Å²) in [7, 11) is 1.56. The molecule has 7 nitrogen and oxygen atoms in total. The van der Waals surface area contributed by atoms with Gasteiger partial charge in [-0.05, 0) is 66.8 Å². The summed E-state index contributed by atoms with van der Waals surface area (Å²) < 4.78 is 10.3. The fourth-order valence-corrected chi connectivity index (χ4v) is 2.71. The van der Waals surface area contributed by atoms with Crippen LogP contribution in [0.15, 0.2) is 71.3 Å². The predicted octanol–water partition coefficient (Wildman–Crippen LogP) is 3.35. The number of hydrogen-bond donors (Lipinski definition) is 3. The Kier molecular flexibility index (Phi) is 6.59. The van der Waals surface area contributed by atoms with Gasteiger partial charge in [0.15, 0.2) is 5.11 Å². The number of anilines is 1. The summed E-state index contributed by atoms with van der Waals surface area (Å²) in [6.07, 6.45) is 1.55. The quantitative estimate of drug-likeness (QED) is 0.541. The molecular weight excluding hydrogens is 390 g/mol. The Morgan fingerprint density at radius 1 is 1.00 bits per heavy atom. The number of rotatable bonds is 6. The van der Waals surface area contributed by atoms with Crippen LogP contribution in [0.5, 0.6) is 5.75 Å². The molecule has 0 saturated heterocycles. The van der Waals surface area contributed by atoms with Gasteiger partial charge in [-0.15, -0.1) is 0 Å². The smallest absolute Gasteiger partial charge is 0.257 e. The van der Waals surface area contributed by atoms with Crippen LogP contribution in [0.25, 0.3) is 0 Å². The van der Waals surface area contributed by atoms with Gasteiger partial charge in [-0.1, -0.05) is 6.07 Å². The Balaban J connectivity index is 1.56. The van der Waals surface area contributed by atoms with Gasteiger partial charge in [-0.25, -0.2) is 0 Å². The monoisotopic (exact) mass is 409 g/mol. The molecule has 3 aromatic rings. The molecule has 3 rings (SSSR count). The largest absolute Gasteiger partial charge is 0.497 e. The van der Waals surface area contributed by atoms with Crippen LogP contribution in [0.2, 0.25) is 0 Å². The average Bonchev–Trinajstić information content (AvgIpc) is 3.26. The van der Waals surface area contributed by atoms with Crippen molar-refractivity contribution < 1.29 is 18.7 Å². The van der Waals surface area contributed by atoms with Crippen LogP contribution < -0.4 is 20.7 Å². The van der Waals surface area contributed by atoms with E-state index in [2.05, 4.69) is 16.0 Å². The van der Waals surface area contributed by atoms with E-state index in [9.17, 15) is 9.59 Å². The molecule has 8 heteroatoms. The zero-order chi connectivity index (χ0) is 20.6. The SMILES string of the molecule is COc1ccc(C(=O)NC(=S)Nc2cccc(C(=O)NCc3ccco3)c2)cc1. The average molecular weight is 409 g/mol. The summed E-state index contributed by atoms with van der Waals surface area (Å²) in [4.78, 5) is 24.6. The van der Waals surface area contributed by atoms with E-state index in [1.165, 1.54) is 0 Å². The highest BCUT2D eigenvalue weighted by molar-refractivity contribution is 7.80. The van der Waals surface area contributed by atoms with Crippen LogP contribution in [0.4, 0.5) is 5.69 Å². The maximum atomic E-state index is 12.3. The molecule has 148 valence electrons.